The van der Waals surface area contributed by atoms with Crippen LogP contribution in [0.25, 0.3) is 0 Å². The van der Waals surface area contributed by atoms with Crippen LogP contribution in [-0.2, 0) is 4.79 Å². The number of hydrogen-bond acceptors (Lipinski definition) is 9. The van der Waals surface area contributed by atoms with Gasteiger partial charge in [0.1, 0.15) is 16.9 Å². The van der Waals surface area contributed by atoms with E-state index in [1.54, 1.807) is 16.8 Å². The first-order chi connectivity index (χ1) is 13.1. The topological polar surface area (TPSA) is 170 Å². The van der Waals surface area contributed by atoms with Crippen LogP contribution in [0, 0.1) is 5.92 Å². The molecule has 0 aromatic heterocycles. The number of carboxylic acid groups (broad SMARTS) is 1. The van der Waals surface area contributed by atoms with Gasteiger partial charge in [-0.1, -0.05) is 6.42 Å². The van der Waals surface area contributed by atoms with E-state index in [9.17, 15) is 19.5 Å². The molecule has 2 aliphatic rings. The fourth-order valence-electron chi connectivity index (χ4n) is 4.28. The lowest BCUT2D eigenvalue weighted by Gasteiger charge is -2.34. The molecular weight excluding hydrogens is 367 g/mol. The quantitative estimate of drug-likeness (QED) is 0.226. The van der Waals surface area contributed by atoms with Crippen LogP contribution in [0.5, 0.6) is 0 Å². The van der Waals surface area contributed by atoms with Crippen molar-refractivity contribution in [2.45, 2.75) is 43.1 Å². The summed E-state index contributed by atoms with van der Waals surface area (Å²) in [5.41, 5.74) is 9.40. The summed E-state index contributed by atoms with van der Waals surface area (Å²) < 4.78 is 0. The molecule has 0 amide bonds. The van der Waals surface area contributed by atoms with Gasteiger partial charge in [-0.25, -0.2) is 0 Å². The number of carbonyl (C=O) groups is 1. The summed E-state index contributed by atoms with van der Waals surface area (Å²) in [5, 5.41) is 27.7. The van der Waals surface area contributed by atoms with Crippen molar-refractivity contribution in [3.63, 3.8) is 0 Å². The maximum atomic E-state index is 12.3. The minimum absolute atomic E-state index is 0.0873. The average molecular weight is 394 g/mol. The highest BCUT2D eigenvalue weighted by Gasteiger charge is 2.53. The van der Waals surface area contributed by atoms with Crippen LogP contribution in [0.4, 0.5) is 11.4 Å². The van der Waals surface area contributed by atoms with Gasteiger partial charge in [0.05, 0.1) is 5.54 Å². The second kappa shape index (κ2) is 7.14. The van der Waals surface area contributed by atoms with Gasteiger partial charge < -0.3 is 36.4 Å². The van der Waals surface area contributed by atoms with Crippen molar-refractivity contribution in [3.05, 3.63) is 20.4 Å². The third-order valence-corrected chi connectivity index (χ3v) is 6.47. The number of likely N-dealkylation sites (N-methyl/N-ethyl adjacent to an activating group) is 1. The normalized spacial score (nSPS) is 25.9. The molecule has 1 aliphatic heterocycles. The molecule has 0 unspecified atom stereocenters. The molecule has 1 aromatic rings. The fourth-order valence-corrected chi connectivity index (χ4v) is 4.28. The van der Waals surface area contributed by atoms with Gasteiger partial charge in [-0.15, -0.1) is 0 Å². The van der Waals surface area contributed by atoms with Gasteiger partial charge in [-0.3, -0.25) is 14.4 Å². The lowest BCUT2D eigenvalue weighted by molar-refractivity contribution is -0.144. The molecule has 7 N–H and O–H groups in total. The molecule has 1 heterocycles. The predicted molar refractivity (Wildman–Crippen MR) is 105 cm³/mol. The van der Waals surface area contributed by atoms with Crippen molar-refractivity contribution in [1.82, 2.24) is 0 Å². The molecule has 11 heteroatoms. The van der Waals surface area contributed by atoms with Gasteiger partial charge in [-0.2, -0.15) is 0 Å². The van der Waals surface area contributed by atoms with Gasteiger partial charge in [0.15, 0.2) is 0 Å². The number of rotatable bonds is 9. The van der Waals surface area contributed by atoms with E-state index in [-0.39, 0.29) is 36.3 Å². The smallest absolute Gasteiger partial charge is 0.451 e. The zero-order chi connectivity index (χ0) is 20.9. The van der Waals surface area contributed by atoms with E-state index in [0.29, 0.717) is 19.4 Å². The Bertz CT molecular complexity index is 834. The third kappa shape index (κ3) is 3.22. The standard InChI is InChI=1S/C17H27BN4O6/c1-21(16(8-19)4-5-16)11-12(14(24)13(11)23)22-7-10(3-2-6-18(27)28)17(20,9-22)15(25)26/h10,27-28H,2-9,19-20H2,1H3,(H,25,26)/t10-,17-/m0/s1. The summed E-state index contributed by atoms with van der Waals surface area (Å²) in [4.78, 5) is 39.8. The molecule has 0 radical (unpaired) electrons. The second-order valence-corrected chi connectivity index (χ2v) is 8.18. The van der Waals surface area contributed by atoms with Crippen molar-refractivity contribution < 1.29 is 19.9 Å². The van der Waals surface area contributed by atoms with Gasteiger partial charge in [0, 0.05) is 32.6 Å². The van der Waals surface area contributed by atoms with Crippen LogP contribution in [0.2, 0.25) is 6.32 Å². The maximum Gasteiger partial charge on any atom is 0.451 e. The molecule has 10 nitrogen and oxygen atoms in total. The molecule has 2 atom stereocenters. The highest BCUT2D eigenvalue weighted by Crippen LogP contribution is 2.44. The second-order valence-electron chi connectivity index (χ2n) is 8.18. The summed E-state index contributed by atoms with van der Waals surface area (Å²) in [6.07, 6.45) is 2.53. The van der Waals surface area contributed by atoms with Crippen molar-refractivity contribution >= 4 is 24.5 Å². The summed E-state index contributed by atoms with van der Waals surface area (Å²) in [6.45, 7) is 0.492. The first kappa shape index (κ1) is 20.8. The van der Waals surface area contributed by atoms with Crippen LogP contribution in [0.15, 0.2) is 9.59 Å². The summed E-state index contributed by atoms with van der Waals surface area (Å²) in [6, 6.07) is 0. The summed E-state index contributed by atoms with van der Waals surface area (Å²) >= 11 is 0. The van der Waals surface area contributed by atoms with Crippen LogP contribution >= 0.6 is 0 Å². The Kier molecular flexibility index (Phi) is 5.30. The lowest BCUT2D eigenvalue weighted by Crippen LogP contribution is -2.55. The fraction of sp³-hybridized carbons (Fsp3) is 0.706. The lowest BCUT2D eigenvalue weighted by atomic mass is 9.78. The number of carboxylic acids is 1. The molecule has 0 bridgehead atoms. The maximum absolute atomic E-state index is 12.3. The van der Waals surface area contributed by atoms with Crippen molar-refractivity contribution in [3.8, 4) is 0 Å². The molecule has 2 fully saturated rings. The van der Waals surface area contributed by atoms with Crippen LogP contribution in [0.3, 0.4) is 0 Å². The van der Waals surface area contributed by atoms with E-state index in [2.05, 4.69) is 0 Å². The Morgan fingerprint density at radius 2 is 1.96 bits per heavy atom. The van der Waals surface area contributed by atoms with Gasteiger partial charge >= 0.3 is 13.1 Å². The highest BCUT2D eigenvalue weighted by molar-refractivity contribution is 6.40. The van der Waals surface area contributed by atoms with E-state index in [1.165, 1.54) is 0 Å². The van der Waals surface area contributed by atoms with Crippen LogP contribution < -0.4 is 32.1 Å². The number of anilines is 2. The minimum atomic E-state index is -1.58. The first-order valence-electron chi connectivity index (χ1n) is 9.48. The molecule has 1 aliphatic carbocycles. The Hall–Kier alpha value is -1.95. The summed E-state index contributed by atoms with van der Waals surface area (Å²) in [5.74, 6) is -1.67. The van der Waals surface area contributed by atoms with Crippen molar-refractivity contribution in [2.24, 2.45) is 17.4 Å². The Morgan fingerprint density at radius 3 is 2.46 bits per heavy atom. The van der Waals surface area contributed by atoms with Crippen molar-refractivity contribution in [2.75, 3.05) is 36.5 Å². The SMILES string of the molecule is CN(c1c(N2C[C@H](CCCB(O)O)[C@](N)(C(=O)O)C2)c(=O)c1=O)C1(CN)CC1. The zero-order valence-corrected chi connectivity index (χ0v) is 15.9. The molecule has 1 saturated carbocycles. The zero-order valence-electron chi connectivity index (χ0n) is 15.9. The Labute approximate surface area is 162 Å². The van der Waals surface area contributed by atoms with E-state index < -0.39 is 35.4 Å². The molecule has 0 spiro atoms. The first-order valence-corrected chi connectivity index (χ1v) is 9.48. The van der Waals surface area contributed by atoms with Crippen LogP contribution in [-0.4, -0.2) is 66.0 Å². The molecule has 3 rings (SSSR count). The third-order valence-electron chi connectivity index (χ3n) is 6.47. The monoisotopic (exact) mass is 394 g/mol. The molecule has 154 valence electrons. The van der Waals surface area contributed by atoms with E-state index in [0.717, 1.165) is 12.8 Å². The van der Waals surface area contributed by atoms with Crippen molar-refractivity contribution in [1.29, 1.82) is 0 Å². The van der Waals surface area contributed by atoms with Gasteiger partial charge in [0.25, 0.3) is 10.9 Å². The summed E-state index contributed by atoms with van der Waals surface area (Å²) in [7, 11) is 0.275. The number of hydrogen-bond donors (Lipinski definition) is 5. The Morgan fingerprint density at radius 1 is 1.32 bits per heavy atom. The van der Waals surface area contributed by atoms with Gasteiger partial charge in [0.2, 0.25) is 0 Å². The molecule has 1 aromatic carbocycles. The average Bonchev–Trinajstić information content (AvgIpc) is 3.37. The number of aliphatic carboxylic acids is 1. The molecule has 1 saturated heterocycles. The number of nitrogens with two attached hydrogens (primary N) is 2. The van der Waals surface area contributed by atoms with Gasteiger partial charge in [-0.05, 0) is 25.6 Å². The highest BCUT2D eigenvalue weighted by atomic mass is 16.4. The van der Waals surface area contributed by atoms with Crippen LogP contribution in [0.1, 0.15) is 25.7 Å². The minimum Gasteiger partial charge on any atom is -0.480 e. The molecule has 28 heavy (non-hydrogen) atoms. The number of nitrogens with zero attached hydrogens (tertiary/aromatic N) is 2. The predicted octanol–water partition coefficient (Wildman–Crippen LogP) is -2.32. The largest absolute Gasteiger partial charge is 0.480 e. The molecular formula is C17H27BN4O6. The van der Waals surface area contributed by atoms with E-state index in [1.807, 2.05) is 0 Å². The van der Waals surface area contributed by atoms with E-state index >= 15 is 0 Å². The Balaban J connectivity index is 1.85. The van der Waals surface area contributed by atoms with E-state index in [4.69, 9.17) is 21.5 Å².